The summed E-state index contributed by atoms with van der Waals surface area (Å²) >= 11 is 6.73. The molecule has 7 heteroatoms. The van der Waals surface area contributed by atoms with E-state index in [1.165, 1.54) is 0 Å². The van der Waals surface area contributed by atoms with Crippen LogP contribution in [0.5, 0.6) is 11.5 Å². The van der Waals surface area contributed by atoms with Crippen LogP contribution in [0.2, 0.25) is 5.02 Å². The molecule has 6 nitrogen and oxygen atoms in total. The van der Waals surface area contributed by atoms with E-state index in [1.54, 1.807) is 12.1 Å². The molecule has 0 aliphatic carbocycles. The van der Waals surface area contributed by atoms with Crippen LogP contribution in [-0.2, 0) is 24.6 Å². The van der Waals surface area contributed by atoms with Gasteiger partial charge in [-0.25, -0.2) is 0 Å². The van der Waals surface area contributed by atoms with Crippen LogP contribution < -0.4 is 9.47 Å². The first kappa shape index (κ1) is 28.2. The number of benzene rings is 4. The van der Waals surface area contributed by atoms with Crippen molar-refractivity contribution in [2.24, 2.45) is 5.92 Å². The van der Waals surface area contributed by atoms with Crippen molar-refractivity contribution in [2.45, 2.75) is 33.1 Å². The molecule has 208 valence electrons. The van der Waals surface area contributed by atoms with Crippen molar-refractivity contribution in [3.63, 3.8) is 0 Å². The number of hydrogen-bond donors (Lipinski definition) is 1. The van der Waals surface area contributed by atoms with Gasteiger partial charge < -0.3 is 14.6 Å². The number of rotatable bonds is 10. The Bertz CT molecular complexity index is 1580. The number of likely N-dealkylation sites (tertiary alicyclic amines) is 1. The molecule has 0 radical (unpaired) electrons. The summed E-state index contributed by atoms with van der Waals surface area (Å²) < 4.78 is 12.5. The molecule has 4 aromatic carbocycles. The third-order valence-corrected chi connectivity index (χ3v) is 7.79. The van der Waals surface area contributed by atoms with Crippen molar-refractivity contribution in [1.29, 1.82) is 5.26 Å². The maximum Gasteiger partial charge on any atom is 0.307 e. The molecule has 1 fully saturated rings. The predicted octanol–water partition coefficient (Wildman–Crippen LogP) is 7.25. The lowest BCUT2D eigenvalue weighted by Gasteiger charge is -2.20. The Morgan fingerprint density at radius 2 is 1.76 bits per heavy atom. The molecule has 41 heavy (non-hydrogen) atoms. The fourth-order valence-electron chi connectivity index (χ4n) is 5.18. The lowest BCUT2D eigenvalue weighted by Crippen LogP contribution is -2.23. The highest BCUT2D eigenvalue weighted by atomic mass is 35.5. The minimum Gasteiger partial charge on any atom is -0.488 e. The zero-order chi connectivity index (χ0) is 28.8. The van der Waals surface area contributed by atoms with Crippen LogP contribution in [0.3, 0.4) is 0 Å². The minimum atomic E-state index is -0.769. The van der Waals surface area contributed by atoms with Crippen LogP contribution in [0.25, 0.3) is 11.1 Å². The maximum absolute atomic E-state index is 11.5. The number of halogens is 1. The van der Waals surface area contributed by atoms with Crippen molar-refractivity contribution < 1.29 is 19.4 Å². The largest absolute Gasteiger partial charge is 0.488 e. The maximum atomic E-state index is 11.5. The third-order valence-electron chi connectivity index (χ3n) is 7.49. The molecule has 1 aliphatic rings. The van der Waals surface area contributed by atoms with Crippen LogP contribution >= 0.6 is 11.6 Å². The summed E-state index contributed by atoms with van der Waals surface area (Å²) in [7, 11) is 0. The number of nitriles is 1. The van der Waals surface area contributed by atoms with Gasteiger partial charge in [0.05, 0.1) is 22.6 Å². The molecule has 0 saturated carbocycles. The first-order valence-electron chi connectivity index (χ1n) is 13.6. The van der Waals surface area contributed by atoms with Gasteiger partial charge in [0, 0.05) is 24.7 Å². The molecule has 0 amide bonds. The van der Waals surface area contributed by atoms with E-state index >= 15 is 0 Å². The van der Waals surface area contributed by atoms with E-state index in [9.17, 15) is 15.2 Å². The number of ether oxygens (including phenoxy) is 2. The zero-order valence-electron chi connectivity index (χ0n) is 22.8. The second kappa shape index (κ2) is 12.9. The van der Waals surface area contributed by atoms with E-state index in [4.69, 9.17) is 21.1 Å². The number of carbonyl (C=O) groups is 1. The summed E-state index contributed by atoms with van der Waals surface area (Å²) in [6, 6.07) is 29.6. The highest BCUT2D eigenvalue weighted by Gasteiger charge is 2.28. The Balaban J connectivity index is 1.38. The summed E-state index contributed by atoms with van der Waals surface area (Å²) in [6.07, 6.45) is 0.614. The van der Waals surface area contributed by atoms with E-state index in [1.807, 2.05) is 48.5 Å². The van der Waals surface area contributed by atoms with E-state index in [0.717, 1.165) is 33.4 Å². The Hall–Kier alpha value is -4.31. The molecule has 1 heterocycles. The van der Waals surface area contributed by atoms with Crippen LogP contribution in [-0.4, -0.2) is 29.1 Å². The highest BCUT2D eigenvalue weighted by molar-refractivity contribution is 6.32. The Kier molecular flexibility index (Phi) is 8.88. The van der Waals surface area contributed by atoms with E-state index in [0.29, 0.717) is 54.7 Å². The van der Waals surface area contributed by atoms with E-state index in [-0.39, 0.29) is 12.5 Å². The summed E-state index contributed by atoms with van der Waals surface area (Å²) in [5, 5.41) is 19.2. The molecular weight excluding hydrogens is 536 g/mol. The molecule has 1 saturated heterocycles. The number of hydrogen-bond acceptors (Lipinski definition) is 5. The van der Waals surface area contributed by atoms with E-state index in [2.05, 4.69) is 42.2 Å². The Labute approximate surface area is 245 Å². The summed E-state index contributed by atoms with van der Waals surface area (Å²) in [5.41, 5.74) is 6.79. The lowest BCUT2D eigenvalue weighted by atomic mass is 9.97. The van der Waals surface area contributed by atoms with E-state index < -0.39 is 5.97 Å². The molecule has 1 atom stereocenters. The number of carboxylic acids is 1. The molecule has 0 bridgehead atoms. The molecule has 0 aromatic heterocycles. The van der Waals surface area contributed by atoms with Gasteiger partial charge in [0.1, 0.15) is 24.7 Å². The first-order valence-corrected chi connectivity index (χ1v) is 13.9. The predicted molar refractivity (Wildman–Crippen MR) is 159 cm³/mol. The second-order valence-corrected chi connectivity index (χ2v) is 10.7. The monoisotopic (exact) mass is 566 g/mol. The van der Waals surface area contributed by atoms with Crippen LogP contribution in [0, 0.1) is 24.2 Å². The van der Waals surface area contributed by atoms with Crippen molar-refractivity contribution in [2.75, 3.05) is 13.1 Å². The lowest BCUT2D eigenvalue weighted by molar-refractivity contribution is -0.141. The highest BCUT2D eigenvalue weighted by Crippen LogP contribution is 2.36. The number of nitrogens with zero attached hydrogens (tertiary/aromatic N) is 2. The average molecular weight is 567 g/mol. The summed E-state index contributed by atoms with van der Waals surface area (Å²) in [5.74, 6) is -0.0263. The molecule has 4 aromatic rings. The Morgan fingerprint density at radius 3 is 2.51 bits per heavy atom. The van der Waals surface area contributed by atoms with Gasteiger partial charge in [-0.05, 0) is 65.9 Å². The Morgan fingerprint density at radius 1 is 0.976 bits per heavy atom. The fraction of sp³-hybridized carbons (Fsp3) is 0.235. The van der Waals surface area contributed by atoms with Crippen LogP contribution in [0.4, 0.5) is 0 Å². The van der Waals surface area contributed by atoms with Gasteiger partial charge in [-0.1, -0.05) is 72.3 Å². The third kappa shape index (κ3) is 6.89. The topological polar surface area (TPSA) is 82.8 Å². The average Bonchev–Trinajstić information content (AvgIpc) is 3.46. The quantitative estimate of drug-likeness (QED) is 0.218. The smallest absolute Gasteiger partial charge is 0.307 e. The first-order chi connectivity index (χ1) is 19.9. The minimum absolute atomic E-state index is 0.263. The van der Waals surface area contributed by atoms with Crippen molar-refractivity contribution >= 4 is 17.6 Å². The van der Waals surface area contributed by atoms with Crippen molar-refractivity contribution in [1.82, 2.24) is 4.90 Å². The summed E-state index contributed by atoms with van der Waals surface area (Å²) in [6.45, 7) is 4.37. The summed E-state index contributed by atoms with van der Waals surface area (Å²) in [4.78, 5) is 13.6. The molecule has 1 N–H and O–H groups in total. The van der Waals surface area contributed by atoms with Gasteiger partial charge >= 0.3 is 5.97 Å². The van der Waals surface area contributed by atoms with Gasteiger partial charge in [0.2, 0.25) is 0 Å². The molecule has 1 aliphatic heterocycles. The van der Waals surface area contributed by atoms with Gasteiger partial charge in [0.15, 0.2) is 0 Å². The number of carboxylic acid groups (broad SMARTS) is 1. The van der Waals surface area contributed by atoms with Crippen molar-refractivity contribution in [3.05, 3.63) is 118 Å². The second-order valence-electron chi connectivity index (χ2n) is 10.3. The molecule has 0 spiro atoms. The van der Waals surface area contributed by atoms with Gasteiger partial charge in [0.25, 0.3) is 0 Å². The van der Waals surface area contributed by atoms with Crippen molar-refractivity contribution in [3.8, 4) is 28.7 Å². The van der Waals surface area contributed by atoms with Gasteiger partial charge in [-0.3, -0.25) is 9.69 Å². The van der Waals surface area contributed by atoms with Crippen LogP contribution in [0.1, 0.15) is 34.2 Å². The molecule has 5 rings (SSSR count). The standard InChI is InChI=1S/C34H31ClN2O4/c1-23-28(11-6-12-30(23)26-9-3-2-4-10-26)22-41-33-17-32(40-21-25-8-5-7-24(15-25)18-36)29(16-31(33)35)20-37-14-13-27(19-37)34(38)39/h2-12,15-17,27H,13-14,19-22H2,1H3,(H,38,39)/t27-/m1/s1. The fourth-order valence-corrected chi connectivity index (χ4v) is 5.42. The zero-order valence-corrected chi connectivity index (χ0v) is 23.6. The van der Waals surface area contributed by atoms with Gasteiger partial charge in [-0.15, -0.1) is 0 Å². The van der Waals surface area contributed by atoms with Crippen LogP contribution in [0.15, 0.2) is 84.9 Å². The van der Waals surface area contributed by atoms with Gasteiger partial charge in [-0.2, -0.15) is 5.26 Å². The SMILES string of the molecule is Cc1c(COc2cc(OCc3cccc(C#N)c3)c(CN3CC[C@@H](C(=O)O)C3)cc2Cl)cccc1-c1ccccc1. The molecular formula is C34H31ClN2O4. The molecule has 0 unspecified atom stereocenters. The normalized spacial score (nSPS) is 14.9. The number of aliphatic carboxylic acids is 1.